The second kappa shape index (κ2) is 6.23. The third-order valence-electron chi connectivity index (χ3n) is 2.81. The molecule has 0 amide bonds. The van der Waals surface area contributed by atoms with Gasteiger partial charge in [0, 0.05) is 4.88 Å². The molecule has 1 aromatic heterocycles. The van der Waals surface area contributed by atoms with E-state index in [9.17, 15) is 8.42 Å². The van der Waals surface area contributed by atoms with Crippen LogP contribution in [-0.2, 0) is 16.6 Å². The van der Waals surface area contributed by atoms with E-state index in [4.69, 9.17) is 21.4 Å². The highest BCUT2D eigenvalue weighted by atomic mass is 35.5. The fourth-order valence-electron chi connectivity index (χ4n) is 1.71. The third-order valence-corrected chi connectivity index (χ3v) is 6.18. The number of hydrogen-bond acceptors (Lipinski definition) is 5. The van der Waals surface area contributed by atoms with Gasteiger partial charge in [-0.1, -0.05) is 11.6 Å². The first-order chi connectivity index (χ1) is 9.87. The highest BCUT2D eigenvalue weighted by Gasteiger charge is 2.19. The fourth-order valence-corrected chi connectivity index (χ4v) is 4.47. The van der Waals surface area contributed by atoms with E-state index in [0.717, 1.165) is 16.9 Å². The van der Waals surface area contributed by atoms with Crippen molar-refractivity contribution >= 4 is 38.6 Å². The number of hydrogen-bond donors (Lipinski definition) is 2. The molecule has 0 aliphatic heterocycles. The van der Waals surface area contributed by atoms with Crippen LogP contribution in [0.4, 0.5) is 5.69 Å². The standard InChI is InChI=1S/C13H14ClNO4S2/c1-8-5-13(20-12(8)7-16)21(17,18)15-9-3-4-11(19-2)10(14)6-9/h3-6,15-16H,7H2,1-2H3. The van der Waals surface area contributed by atoms with Gasteiger partial charge < -0.3 is 9.84 Å². The van der Waals surface area contributed by atoms with Crippen LogP contribution in [0.5, 0.6) is 5.75 Å². The van der Waals surface area contributed by atoms with E-state index in [1.54, 1.807) is 19.1 Å². The zero-order chi connectivity index (χ0) is 15.6. The molecule has 0 saturated carbocycles. The molecule has 0 aliphatic carbocycles. The van der Waals surface area contributed by atoms with Crippen LogP contribution >= 0.6 is 22.9 Å². The number of halogens is 1. The van der Waals surface area contributed by atoms with Crippen molar-refractivity contribution in [2.75, 3.05) is 11.8 Å². The number of aliphatic hydroxyl groups excluding tert-OH is 1. The maximum atomic E-state index is 12.3. The molecule has 5 nitrogen and oxygen atoms in total. The molecule has 21 heavy (non-hydrogen) atoms. The van der Waals surface area contributed by atoms with Gasteiger partial charge in [-0.2, -0.15) is 0 Å². The quantitative estimate of drug-likeness (QED) is 0.871. The van der Waals surface area contributed by atoms with Gasteiger partial charge in [0.2, 0.25) is 0 Å². The molecule has 114 valence electrons. The number of thiophene rings is 1. The molecule has 1 aromatic carbocycles. The van der Waals surface area contributed by atoms with Gasteiger partial charge in [-0.25, -0.2) is 8.42 Å². The first-order valence-electron chi connectivity index (χ1n) is 5.94. The number of nitrogens with one attached hydrogen (secondary N) is 1. The topological polar surface area (TPSA) is 75.6 Å². The van der Waals surface area contributed by atoms with Crippen LogP contribution in [-0.4, -0.2) is 20.6 Å². The zero-order valence-electron chi connectivity index (χ0n) is 11.4. The number of aryl methyl sites for hydroxylation is 1. The normalized spacial score (nSPS) is 11.4. The average molecular weight is 348 g/mol. The van der Waals surface area contributed by atoms with Gasteiger partial charge >= 0.3 is 0 Å². The van der Waals surface area contributed by atoms with Crippen LogP contribution in [0.1, 0.15) is 10.4 Å². The fraction of sp³-hybridized carbons (Fsp3) is 0.231. The largest absolute Gasteiger partial charge is 0.495 e. The van der Waals surface area contributed by atoms with Gasteiger partial charge in [0.25, 0.3) is 10.0 Å². The minimum atomic E-state index is -3.70. The van der Waals surface area contributed by atoms with Gasteiger partial charge in [-0.15, -0.1) is 11.3 Å². The summed E-state index contributed by atoms with van der Waals surface area (Å²) in [5.41, 5.74) is 1.09. The van der Waals surface area contributed by atoms with Crippen molar-refractivity contribution in [2.45, 2.75) is 17.7 Å². The van der Waals surface area contributed by atoms with Crippen molar-refractivity contribution in [1.29, 1.82) is 0 Å². The van der Waals surface area contributed by atoms with E-state index in [1.807, 2.05) is 0 Å². The summed E-state index contributed by atoms with van der Waals surface area (Å²) >= 11 is 7.01. The van der Waals surface area contributed by atoms with Crippen LogP contribution in [0.15, 0.2) is 28.5 Å². The monoisotopic (exact) mass is 347 g/mol. The van der Waals surface area contributed by atoms with E-state index in [1.165, 1.54) is 19.2 Å². The summed E-state index contributed by atoms with van der Waals surface area (Å²) in [7, 11) is -2.22. The molecule has 0 aliphatic rings. The second-order valence-electron chi connectivity index (χ2n) is 4.28. The molecule has 2 aromatic rings. The molecule has 0 spiro atoms. The zero-order valence-corrected chi connectivity index (χ0v) is 13.8. The van der Waals surface area contributed by atoms with E-state index in [0.29, 0.717) is 21.3 Å². The molecular formula is C13H14ClNO4S2. The van der Waals surface area contributed by atoms with Gasteiger partial charge in [-0.3, -0.25) is 4.72 Å². The van der Waals surface area contributed by atoms with Gasteiger partial charge in [0.1, 0.15) is 9.96 Å². The Morgan fingerprint density at radius 1 is 1.38 bits per heavy atom. The summed E-state index contributed by atoms with van der Waals surface area (Å²) in [6.45, 7) is 1.58. The maximum Gasteiger partial charge on any atom is 0.271 e. The summed E-state index contributed by atoms with van der Waals surface area (Å²) in [6, 6.07) is 6.16. The molecular weight excluding hydrogens is 334 g/mol. The van der Waals surface area contributed by atoms with Crippen LogP contribution in [0.2, 0.25) is 5.02 Å². The van der Waals surface area contributed by atoms with Crippen LogP contribution in [0.25, 0.3) is 0 Å². The van der Waals surface area contributed by atoms with Crippen molar-refractivity contribution in [2.24, 2.45) is 0 Å². The molecule has 0 fully saturated rings. The third kappa shape index (κ3) is 3.49. The van der Waals surface area contributed by atoms with Crippen LogP contribution < -0.4 is 9.46 Å². The van der Waals surface area contributed by atoms with Crippen molar-refractivity contribution in [1.82, 2.24) is 0 Å². The van der Waals surface area contributed by atoms with E-state index in [2.05, 4.69) is 4.72 Å². The lowest BCUT2D eigenvalue weighted by Crippen LogP contribution is -2.11. The Labute approximate surface area is 132 Å². The predicted molar refractivity (Wildman–Crippen MR) is 83.8 cm³/mol. The smallest absolute Gasteiger partial charge is 0.271 e. The molecule has 1 heterocycles. The molecule has 2 rings (SSSR count). The lowest BCUT2D eigenvalue weighted by atomic mass is 10.3. The first kappa shape index (κ1) is 16.1. The molecule has 8 heteroatoms. The number of rotatable bonds is 5. The summed E-state index contributed by atoms with van der Waals surface area (Å²) in [6.07, 6.45) is 0. The minimum Gasteiger partial charge on any atom is -0.495 e. The number of aliphatic hydroxyl groups is 1. The van der Waals surface area contributed by atoms with Crippen molar-refractivity contribution < 1.29 is 18.3 Å². The number of ether oxygens (including phenoxy) is 1. The Morgan fingerprint density at radius 3 is 2.62 bits per heavy atom. The molecule has 0 unspecified atom stereocenters. The average Bonchev–Trinajstić information content (AvgIpc) is 2.80. The van der Waals surface area contributed by atoms with E-state index < -0.39 is 10.0 Å². The Kier molecular flexibility index (Phi) is 4.77. The van der Waals surface area contributed by atoms with Gasteiger partial charge in [0.05, 0.1) is 24.4 Å². The molecule has 0 bridgehead atoms. The minimum absolute atomic E-state index is 0.149. The predicted octanol–water partition coefficient (Wildman–Crippen LogP) is 3.01. The maximum absolute atomic E-state index is 12.3. The first-order valence-corrected chi connectivity index (χ1v) is 8.61. The van der Waals surface area contributed by atoms with E-state index in [-0.39, 0.29) is 10.8 Å². The highest BCUT2D eigenvalue weighted by molar-refractivity contribution is 7.94. The summed E-state index contributed by atoms with van der Waals surface area (Å²) < 4.78 is 32.2. The lowest BCUT2D eigenvalue weighted by Gasteiger charge is -2.08. The number of methoxy groups -OCH3 is 1. The Hall–Kier alpha value is -1.28. The van der Waals surface area contributed by atoms with Gasteiger partial charge in [0.15, 0.2) is 0 Å². The molecule has 2 N–H and O–H groups in total. The van der Waals surface area contributed by atoms with Crippen LogP contribution in [0, 0.1) is 6.92 Å². The molecule has 0 saturated heterocycles. The van der Waals surface area contributed by atoms with Gasteiger partial charge in [-0.05, 0) is 36.8 Å². The number of anilines is 1. The van der Waals surface area contributed by atoms with Crippen LogP contribution in [0.3, 0.4) is 0 Å². The van der Waals surface area contributed by atoms with Crippen molar-refractivity contribution in [3.05, 3.63) is 39.7 Å². The number of sulfonamides is 1. The Bertz CT molecular complexity index is 756. The Morgan fingerprint density at radius 2 is 2.10 bits per heavy atom. The van der Waals surface area contributed by atoms with Crippen molar-refractivity contribution in [3.8, 4) is 5.75 Å². The summed E-state index contributed by atoms with van der Waals surface area (Å²) in [5.74, 6) is 0.467. The Balaban J connectivity index is 2.30. The molecule has 0 radical (unpaired) electrons. The lowest BCUT2D eigenvalue weighted by molar-refractivity contribution is 0.285. The van der Waals surface area contributed by atoms with Crippen molar-refractivity contribution in [3.63, 3.8) is 0 Å². The summed E-state index contributed by atoms with van der Waals surface area (Å²) in [4.78, 5) is 0.628. The highest BCUT2D eigenvalue weighted by Crippen LogP contribution is 2.30. The summed E-state index contributed by atoms with van der Waals surface area (Å²) in [5, 5.41) is 9.46. The number of benzene rings is 1. The molecule has 0 atom stereocenters. The SMILES string of the molecule is COc1ccc(NS(=O)(=O)c2cc(C)c(CO)s2)cc1Cl. The second-order valence-corrected chi connectivity index (χ2v) is 7.74. The van der Waals surface area contributed by atoms with E-state index >= 15 is 0 Å².